The van der Waals surface area contributed by atoms with Crippen molar-refractivity contribution in [3.05, 3.63) is 0 Å². The monoisotopic (exact) mass is 238 g/mol. The second-order valence-electron chi connectivity index (χ2n) is 7.53. The second-order valence-corrected chi connectivity index (χ2v) is 7.53. The predicted molar refractivity (Wildman–Crippen MR) is 74.0 cm³/mol. The van der Waals surface area contributed by atoms with Gasteiger partial charge in [-0.15, -0.1) is 0 Å². The second kappa shape index (κ2) is 4.55. The quantitative estimate of drug-likeness (QED) is 0.815. The molecule has 2 aliphatic rings. The SMILES string of the molecule is CC1(C)CC(N)CC(C)(C)N1CCCC1CC1. The minimum Gasteiger partial charge on any atom is -0.328 e. The van der Waals surface area contributed by atoms with Gasteiger partial charge in [-0.3, -0.25) is 4.90 Å². The Morgan fingerprint density at radius 1 is 1.06 bits per heavy atom. The molecular formula is C15H30N2. The number of likely N-dealkylation sites (tertiary alicyclic amines) is 1. The molecule has 1 aliphatic carbocycles. The van der Waals surface area contributed by atoms with Crippen molar-refractivity contribution in [1.82, 2.24) is 4.90 Å². The van der Waals surface area contributed by atoms with Crippen molar-refractivity contribution < 1.29 is 0 Å². The molecule has 1 heterocycles. The number of nitrogens with two attached hydrogens (primary N) is 1. The Bertz CT molecular complexity index is 248. The Hall–Kier alpha value is -0.0800. The minimum absolute atomic E-state index is 0.269. The molecule has 0 spiro atoms. The van der Waals surface area contributed by atoms with Crippen molar-refractivity contribution >= 4 is 0 Å². The van der Waals surface area contributed by atoms with E-state index in [1.807, 2.05) is 0 Å². The molecule has 0 bridgehead atoms. The summed E-state index contributed by atoms with van der Waals surface area (Å²) in [5, 5.41) is 0. The highest BCUT2D eigenvalue weighted by molar-refractivity contribution is 5.01. The Balaban J connectivity index is 1.94. The van der Waals surface area contributed by atoms with Gasteiger partial charge in [0.15, 0.2) is 0 Å². The van der Waals surface area contributed by atoms with Crippen molar-refractivity contribution in [3.8, 4) is 0 Å². The first-order valence-electron chi connectivity index (χ1n) is 7.35. The first-order chi connectivity index (χ1) is 7.81. The van der Waals surface area contributed by atoms with E-state index in [4.69, 9.17) is 5.73 Å². The Kier molecular flexibility index (Phi) is 3.57. The van der Waals surface area contributed by atoms with E-state index in [9.17, 15) is 0 Å². The Labute approximate surface area is 107 Å². The predicted octanol–water partition coefficient (Wildman–Crippen LogP) is 3.16. The summed E-state index contributed by atoms with van der Waals surface area (Å²) < 4.78 is 0. The van der Waals surface area contributed by atoms with Crippen LogP contribution in [0.4, 0.5) is 0 Å². The van der Waals surface area contributed by atoms with Crippen molar-refractivity contribution in [3.63, 3.8) is 0 Å². The van der Waals surface area contributed by atoms with Gasteiger partial charge in [-0.2, -0.15) is 0 Å². The molecule has 0 radical (unpaired) electrons. The lowest BCUT2D eigenvalue weighted by Crippen LogP contribution is -2.63. The topological polar surface area (TPSA) is 29.3 Å². The zero-order chi connectivity index (χ0) is 12.7. The molecule has 2 fully saturated rings. The van der Waals surface area contributed by atoms with Gasteiger partial charge in [0.25, 0.3) is 0 Å². The Morgan fingerprint density at radius 2 is 1.59 bits per heavy atom. The maximum Gasteiger partial charge on any atom is 0.0173 e. The maximum atomic E-state index is 6.21. The summed E-state index contributed by atoms with van der Waals surface area (Å²) in [6.45, 7) is 10.7. The van der Waals surface area contributed by atoms with Crippen LogP contribution in [0.5, 0.6) is 0 Å². The van der Waals surface area contributed by atoms with Gasteiger partial charge in [0.05, 0.1) is 0 Å². The third-order valence-corrected chi connectivity index (χ3v) is 4.68. The molecule has 0 amide bonds. The summed E-state index contributed by atoms with van der Waals surface area (Å²) >= 11 is 0. The van der Waals surface area contributed by atoms with Crippen molar-refractivity contribution in [2.45, 2.75) is 83.3 Å². The van der Waals surface area contributed by atoms with Gasteiger partial charge in [-0.05, 0) is 65.8 Å². The first-order valence-corrected chi connectivity index (χ1v) is 7.35. The summed E-state index contributed by atoms with van der Waals surface area (Å²) in [6, 6.07) is 0.375. The molecular weight excluding hydrogens is 208 g/mol. The molecule has 2 rings (SSSR count). The van der Waals surface area contributed by atoms with E-state index in [0.29, 0.717) is 6.04 Å². The van der Waals surface area contributed by atoms with Crippen LogP contribution in [-0.2, 0) is 0 Å². The van der Waals surface area contributed by atoms with Crippen LogP contribution in [0.3, 0.4) is 0 Å². The summed E-state index contributed by atoms with van der Waals surface area (Å²) in [7, 11) is 0. The molecule has 1 saturated heterocycles. The van der Waals surface area contributed by atoms with Crippen LogP contribution in [0, 0.1) is 5.92 Å². The van der Waals surface area contributed by atoms with E-state index in [0.717, 1.165) is 18.8 Å². The summed E-state index contributed by atoms with van der Waals surface area (Å²) in [5.74, 6) is 1.06. The highest BCUT2D eigenvalue weighted by Gasteiger charge is 2.43. The highest BCUT2D eigenvalue weighted by atomic mass is 15.3. The lowest BCUT2D eigenvalue weighted by Gasteiger charge is -2.55. The molecule has 2 N–H and O–H groups in total. The largest absolute Gasteiger partial charge is 0.328 e. The van der Waals surface area contributed by atoms with Gasteiger partial charge < -0.3 is 5.73 Å². The van der Waals surface area contributed by atoms with Crippen molar-refractivity contribution in [1.29, 1.82) is 0 Å². The lowest BCUT2D eigenvalue weighted by atomic mass is 9.77. The molecule has 0 aromatic rings. The van der Waals surface area contributed by atoms with Gasteiger partial charge in [0.1, 0.15) is 0 Å². The highest BCUT2D eigenvalue weighted by Crippen LogP contribution is 2.39. The van der Waals surface area contributed by atoms with Crippen LogP contribution in [-0.4, -0.2) is 28.6 Å². The van der Waals surface area contributed by atoms with Crippen LogP contribution in [0.25, 0.3) is 0 Å². The normalized spacial score (nSPS) is 29.5. The van der Waals surface area contributed by atoms with E-state index in [1.165, 1.54) is 32.2 Å². The average molecular weight is 238 g/mol. The van der Waals surface area contributed by atoms with Gasteiger partial charge in [-0.25, -0.2) is 0 Å². The minimum atomic E-state index is 0.269. The van der Waals surface area contributed by atoms with Crippen LogP contribution in [0.1, 0.15) is 66.2 Å². The molecule has 100 valence electrons. The molecule has 0 atom stereocenters. The molecule has 1 aliphatic heterocycles. The number of piperidine rings is 1. The maximum absolute atomic E-state index is 6.21. The average Bonchev–Trinajstić information content (AvgIpc) is 2.90. The van der Waals surface area contributed by atoms with Crippen molar-refractivity contribution in [2.75, 3.05) is 6.54 Å². The molecule has 0 aromatic carbocycles. The van der Waals surface area contributed by atoms with E-state index >= 15 is 0 Å². The summed E-state index contributed by atoms with van der Waals surface area (Å²) in [4.78, 5) is 2.71. The van der Waals surface area contributed by atoms with E-state index < -0.39 is 0 Å². The molecule has 0 aromatic heterocycles. The number of rotatable bonds is 4. The van der Waals surface area contributed by atoms with E-state index in [2.05, 4.69) is 32.6 Å². The van der Waals surface area contributed by atoms with Gasteiger partial charge >= 0.3 is 0 Å². The van der Waals surface area contributed by atoms with Crippen LogP contribution >= 0.6 is 0 Å². The lowest BCUT2D eigenvalue weighted by molar-refractivity contribution is -0.0356. The number of nitrogens with zero attached hydrogens (tertiary/aromatic N) is 1. The van der Waals surface area contributed by atoms with Gasteiger partial charge in [0, 0.05) is 17.1 Å². The summed E-state index contributed by atoms with van der Waals surface area (Å²) in [6.07, 6.45) is 8.05. The number of hydrogen-bond donors (Lipinski definition) is 1. The Morgan fingerprint density at radius 3 is 2.06 bits per heavy atom. The van der Waals surface area contributed by atoms with Crippen LogP contribution < -0.4 is 5.73 Å². The zero-order valence-corrected chi connectivity index (χ0v) is 12.1. The fourth-order valence-electron chi connectivity index (χ4n) is 3.95. The van der Waals surface area contributed by atoms with Gasteiger partial charge in [-0.1, -0.05) is 12.8 Å². The van der Waals surface area contributed by atoms with Crippen molar-refractivity contribution in [2.24, 2.45) is 11.7 Å². The zero-order valence-electron chi connectivity index (χ0n) is 12.1. The van der Waals surface area contributed by atoms with E-state index in [-0.39, 0.29) is 11.1 Å². The standard InChI is InChI=1S/C15H30N2/c1-14(2)10-13(16)11-15(3,4)17(14)9-5-6-12-7-8-12/h12-13H,5-11,16H2,1-4H3. The fraction of sp³-hybridized carbons (Fsp3) is 1.00. The molecule has 0 unspecified atom stereocenters. The summed E-state index contributed by atoms with van der Waals surface area (Å²) in [5.41, 5.74) is 6.75. The molecule has 17 heavy (non-hydrogen) atoms. The molecule has 1 saturated carbocycles. The van der Waals surface area contributed by atoms with Crippen LogP contribution in [0.2, 0.25) is 0 Å². The van der Waals surface area contributed by atoms with Crippen LogP contribution in [0.15, 0.2) is 0 Å². The van der Waals surface area contributed by atoms with E-state index in [1.54, 1.807) is 0 Å². The first kappa shape index (κ1) is 13.4. The molecule has 2 nitrogen and oxygen atoms in total. The number of hydrogen-bond acceptors (Lipinski definition) is 2. The molecule has 2 heteroatoms. The fourth-order valence-corrected chi connectivity index (χ4v) is 3.95. The van der Waals surface area contributed by atoms with Gasteiger partial charge in [0.2, 0.25) is 0 Å². The third kappa shape index (κ3) is 3.23. The smallest absolute Gasteiger partial charge is 0.0173 e. The third-order valence-electron chi connectivity index (χ3n) is 4.68.